The van der Waals surface area contributed by atoms with Crippen molar-refractivity contribution in [1.82, 2.24) is 10.6 Å². The molecule has 120 valence electrons. The predicted molar refractivity (Wildman–Crippen MR) is 84.4 cm³/mol. The summed E-state index contributed by atoms with van der Waals surface area (Å²) in [4.78, 5) is 12.0. The minimum atomic E-state index is -0.476. The maximum Gasteiger partial charge on any atom is 0.407 e. The lowest BCUT2D eigenvalue weighted by Gasteiger charge is -2.24. The van der Waals surface area contributed by atoms with E-state index in [2.05, 4.69) is 22.8 Å². The molecule has 2 N–H and O–H groups in total. The van der Waals surface area contributed by atoms with E-state index in [1.165, 1.54) is 11.1 Å². The quantitative estimate of drug-likeness (QED) is 0.879. The van der Waals surface area contributed by atoms with E-state index in [1.54, 1.807) is 0 Å². The third-order valence-electron chi connectivity index (χ3n) is 4.06. The average Bonchev–Trinajstić information content (AvgIpc) is 3.03. The first-order valence-electron chi connectivity index (χ1n) is 7.88. The summed E-state index contributed by atoms with van der Waals surface area (Å²) in [6.45, 7) is 8.01. The van der Waals surface area contributed by atoms with E-state index in [9.17, 15) is 4.79 Å². The van der Waals surface area contributed by atoms with Crippen LogP contribution in [-0.4, -0.2) is 37.4 Å². The summed E-state index contributed by atoms with van der Waals surface area (Å²) in [5, 5.41) is 6.35. The number of carbonyl (C=O) groups excluding carboxylic acids is 1. The third-order valence-corrected chi connectivity index (χ3v) is 4.06. The molecule has 2 aliphatic rings. The van der Waals surface area contributed by atoms with Gasteiger partial charge < -0.3 is 20.1 Å². The number of fused-ring (bicyclic) bond motifs is 1. The van der Waals surface area contributed by atoms with Crippen LogP contribution in [0.25, 0.3) is 0 Å². The fourth-order valence-corrected chi connectivity index (χ4v) is 3.08. The van der Waals surface area contributed by atoms with Gasteiger partial charge in [-0.3, -0.25) is 0 Å². The molecule has 0 saturated carbocycles. The smallest absolute Gasteiger partial charge is 0.407 e. The molecule has 0 bridgehead atoms. The van der Waals surface area contributed by atoms with Crippen LogP contribution in [0.4, 0.5) is 4.79 Å². The van der Waals surface area contributed by atoms with Crippen molar-refractivity contribution >= 4 is 6.09 Å². The largest absolute Gasteiger partial charge is 0.493 e. The van der Waals surface area contributed by atoms with E-state index >= 15 is 0 Å². The van der Waals surface area contributed by atoms with E-state index in [0.29, 0.717) is 0 Å². The van der Waals surface area contributed by atoms with E-state index < -0.39 is 5.60 Å². The van der Waals surface area contributed by atoms with Crippen LogP contribution in [0.5, 0.6) is 5.75 Å². The Bertz CT molecular complexity index is 566. The molecule has 1 aromatic carbocycles. The van der Waals surface area contributed by atoms with Crippen LogP contribution < -0.4 is 15.4 Å². The van der Waals surface area contributed by atoms with Gasteiger partial charge in [0.15, 0.2) is 0 Å². The molecule has 2 aliphatic heterocycles. The average molecular weight is 304 g/mol. The lowest BCUT2D eigenvalue weighted by Crippen LogP contribution is -2.42. The lowest BCUT2D eigenvalue weighted by molar-refractivity contribution is 0.0504. The fourth-order valence-electron chi connectivity index (χ4n) is 3.08. The van der Waals surface area contributed by atoms with Gasteiger partial charge in [0.05, 0.1) is 12.6 Å². The number of alkyl carbamates (subject to hydrolysis) is 1. The van der Waals surface area contributed by atoms with E-state index in [0.717, 1.165) is 31.9 Å². The summed E-state index contributed by atoms with van der Waals surface area (Å²) in [5.41, 5.74) is 2.03. The van der Waals surface area contributed by atoms with Gasteiger partial charge in [-0.1, -0.05) is 12.1 Å². The fraction of sp³-hybridized carbons (Fsp3) is 0.588. The molecule has 2 heterocycles. The Hall–Kier alpha value is -1.75. The highest BCUT2D eigenvalue weighted by atomic mass is 16.6. The Labute approximate surface area is 131 Å². The highest BCUT2D eigenvalue weighted by molar-refractivity contribution is 5.68. The summed E-state index contributed by atoms with van der Waals surface area (Å²) >= 11 is 0. The van der Waals surface area contributed by atoms with Crippen LogP contribution in [0.15, 0.2) is 18.2 Å². The zero-order valence-corrected chi connectivity index (χ0v) is 13.4. The molecule has 0 aliphatic carbocycles. The van der Waals surface area contributed by atoms with Crippen molar-refractivity contribution in [3.05, 3.63) is 29.3 Å². The Kier molecular flexibility index (Phi) is 4.00. The van der Waals surface area contributed by atoms with Gasteiger partial charge >= 0.3 is 6.09 Å². The number of hydrogen-bond donors (Lipinski definition) is 2. The number of hydrogen-bond acceptors (Lipinski definition) is 4. The van der Waals surface area contributed by atoms with Gasteiger partial charge in [0.2, 0.25) is 0 Å². The van der Waals surface area contributed by atoms with Crippen LogP contribution in [0.1, 0.15) is 37.8 Å². The Morgan fingerprint density at radius 1 is 1.36 bits per heavy atom. The molecule has 3 rings (SSSR count). The molecule has 0 aromatic heterocycles. The molecule has 1 saturated heterocycles. The van der Waals surface area contributed by atoms with Crippen LogP contribution in [0.2, 0.25) is 0 Å². The lowest BCUT2D eigenvalue weighted by atomic mass is 9.92. The maximum atomic E-state index is 12.0. The van der Waals surface area contributed by atoms with Crippen molar-refractivity contribution in [2.45, 2.75) is 44.8 Å². The number of rotatable bonds is 2. The standard InChI is InChI=1S/C17H24N2O3/c1-17(2,3)22-16(20)19-14-10-18-9-13(14)11-4-5-15-12(8-11)6-7-21-15/h4-5,8,13-14,18H,6-7,9-10H2,1-3H3,(H,19,20)/t13-,14+/m1/s1. The third kappa shape index (κ3) is 3.35. The first-order valence-corrected chi connectivity index (χ1v) is 7.88. The Morgan fingerprint density at radius 2 is 2.18 bits per heavy atom. The second kappa shape index (κ2) is 5.80. The van der Waals surface area contributed by atoms with Crippen LogP contribution >= 0.6 is 0 Å². The highest BCUT2D eigenvalue weighted by Crippen LogP contribution is 2.31. The van der Waals surface area contributed by atoms with Gasteiger partial charge in [-0.25, -0.2) is 4.79 Å². The zero-order valence-electron chi connectivity index (χ0n) is 13.4. The summed E-state index contributed by atoms with van der Waals surface area (Å²) in [6.07, 6.45) is 0.615. The predicted octanol–water partition coefficient (Wildman–Crippen LogP) is 2.20. The van der Waals surface area contributed by atoms with Crippen molar-refractivity contribution in [3.63, 3.8) is 0 Å². The molecule has 1 fully saturated rings. The molecule has 2 atom stereocenters. The molecular formula is C17H24N2O3. The van der Waals surface area contributed by atoms with Crippen molar-refractivity contribution in [2.24, 2.45) is 0 Å². The van der Waals surface area contributed by atoms with Crippen LogP contribution in [0.3, 0.4) is 0 Å². The van der Waals surface area contributed by atoms with Crippen molar-refractivity contribution in [3.8, 4) is 5.75 Å². The highest BCUT2D eigenvalue weighted by Gasteiger charge is 2.31. The first-order chi connectivity index (χ1) is 10.4. The van der Waals surface area contributed by atoms with Crippen LogP contribution in [-0.2, 0) is 11.2 Å². The monoisotopic (exact) mass is 304 g/mol. The zero-order chi connectivity index (χ0) is 15.7. The van der Waals surface area contributed by atoms with Crippen molar-refractivity contribution in [1.29, 1.82) is 0 Å². The minimum absolute atomic E-state index is 0.0511. The van der Waals surface area contributed by atoms with Gasteiger partial charge in [0.25, 0.3) is 0 Å². The van der Waals surface area contributed by atoms with E-state index in [4.69, 9.17) is 9.47 Å². The minimum Gasteiger partial charge on any atom is -0.493 e. The summed E-state index contributed by atoms with van der Waals surface area (Å²) < 4.78 is 10.9. The second-order valence-electron chi connectivity index (χ2n) is 6.98. The Morgan fingerprint density at radius 3 is 2.95 bits per heavy atom. The second-order valence-corrected chi connectivity index (χ2v) is 6.98. The van der Waals surface area contributed by atoms with Crippen molar-refractivity contribution in [2.75, 3.05) is 19.7 Å². The molecule has 0 unspecified atom stereocenters. The number of ether oxygens (including phenoxy) is 2. The molecule has 22 heavy (non-hydrogen) atoms. The van der Waals surface area contributed by atoms with Crippen molar-refractivity contribution < 1.29 is 14.3 Å². The van der Waals surface area contributed by atoms with Crippen LogP contribution in [0, 0.1) is 0 Å². The Balaban J connectivity index is 1.69. The molecule has 5 nitrogen and oxygen atoms in total. The molecule has 0 spiro atoms. The summed E-state index contributed by atoms with van der Waals surface area (Å²) in [6, 6.07) is 6.41. The van der Waals surface area contributed by atoms with Gasteiger partial charge in [0, 0.05) is 25.4 Å². The topological polar surface area (TPSA) is 59.6 Å². The summed E-state index contributed by atoms with van der Waals surface area (Å²) in [7, 11) is 0. The molecule has 0 radical (unpaired) electrons. The SMILES string of the molecule is CC(C)(C)OC(=O)N[C@H]1CNC[C@@H]1c1ccc2c(c1)CCO2. The number of carbonyl (C=O) groups is 1. The van der Waals surface area contributed by atoms with E-state index in [1.807, 2.05) is 26.8 Å². The number of amides is 1. The van der Waals surface area contributed by atoms with Gasteiger partial charge in [0.1, 0.15) is 11.4 Å². The molecule has 1 aromatic rings. The van der Waals surface area contributed by atoms with Gasteiger partial charge in [-0.2, -0.15) is 0 Å². The first kappa shape index (κ1) is 15.2. The summed E-state index contributed by atoms with van der Waals surface area (Å²) in [5.74, 6) is 1.25. The van der Waals surface area contributed by atoms with Gasteiger partial charge in [-0.15, -0.1) is 0 Å². The van der Waals surface area contributed by atoms with Gasteiger partial charge in [-0.05, 0) is 38.0 Å². The molecule has 1 amide bonds. The normalized spacial score (nSPS) is 23.8. The number of nitrogens with one attached hydrogen (secondary N) is 2. The van der Waals surface area contributed by atoms with E-state index in [-0.39, 0.29) is 18.1 Å². The number of benzene rings is 1. The molecular weight excluding hydrogens is 280 g/mol. The maximum absolute atomic E-state index is 12.0. The molecule has 5 heteroatoms.